The number of hydrogen-bond donors (Lipinski definition) is 1. The first-order chi connectivity index (χ1) is 12.3. The second kappa shape index (κ2) is 8.63. The van der Waals surface area contributed by atoms with Crippen LogP contribution in [0.2, 0.25) is 0 Å². The predicted octanol–water partition coefficient (Wildman–Crippen LogP) is 1.84. The van der Waals surface area contributed by atoms with Crippen LogP contribution in [0.5, 0.6) is 5.75 Å². The summed E-state index contributed by atoms with van der Waals surface area (Å²) in [6.45, 7) is 0.567. The molecule has 26 heavy (non-hydrogen) atoms. The SMILES string of the molecule is COCCCNS(=O)(=O)c1cc(S(=O)(=O)c2ccccc2)ccc1OC. The number of ether oxygens (including phenoxy) is 2. The Hall–Kier alpha value is -1.94. The zero-order valence-corrected chi connectivity index (χ0v) is 16.1. The first kappa shape index (κ1) is 20.4. The van der Waals surface area contributed by atoms with Crippen molar-refractivity contribution in [1.29, 1.82) is 0 Å². The largest absolute Gasteiger partial charge is 0.495 e. The Morgan fingerprint density at radius 3 is 2.23 bits per heavy atom. The normalized spacial score (nSPS) is 12.1. The second-order valence-electron chi connectivity index (χ2n) is 5.37. The van der Waals surface area contributed by atoms with Gasteiger partial charge in [0.15, 0.2) is 0 Å². The van der Waals surface area contributed by atoms with Crippen LogP contribution in [0.1, 0.15) is 6.42 Å². The number of hydrogen-bond acceptors (Lipinski definition) is 6. The van der Waals surface area contributed by atoms with Crippen LogP contribution < -0.4 is 9.46 Å². The Kier molecular flexibility index (Phi) is 6.76. The third kappa shape index (κ3) is 4.61. The van der Waals surface area contributed by atoms with Crippen molar-refractivity contribution in [2.45, 2.75) is 21.1 Å². The zero-order valence-electron chi connectivity index (χ0n) is 14.5. The summed E-state index contributed by atoms with van der Waals surface area (Å²) in [7, 11) is -4.94. The van der Waals surface area contributed by atoms with Gasteiger partial charge in [0.25, 0.3) is 0 Å². The van der Waals surface area contributed by atoms with Crippen LogP contribution in [0.15, 0.2) is 63.2 Å². The lowest BCUT2D eigenvalue weighted by Gasteiger charge is -2.13. The molecule has 0 spiro atoms. The van der Waals surface area contributed by atoms with Crippen LogP contribution in [-0.2, 0) is 24.6 Å². The minimum absolute atomic E-state index is 0.0660. The van der Waals surface area contributed by atoms with Crippen LogP contribution in [-0.4, -0.2) is 44.2 Å². The van der Waals surface area contributed by atoms with Crippen LogP contribution >= 0.6 is 0 Å². The standard InChI is InChI=1S/C17H21NO6S2/c1-23-12-6-11-18-26(21,22)17-13-15(9-10-16(17)24-2)25(19,20)14-7-4-3-5-8-14/h3-5,7-10,13,18H,6,11-12H2,1-2H3. The maximum atomic E-state index is 12.7. The topological polar surface area (TPSA) is 98.8 Å². The fourth-order valence-electron chi connectivity index (χ4n) is 2.27. The molecule has 0 aliphatic rings. The van der Waals surface area contributed by atoms with Gasteiger partial charge in [0.1, 0.15) is 10.6 Å². The molecule has 1 N–H and O–H groups in total. The van der Waals surface area contributed by atoms with Crippen molar-refractivity contribution in [3.8, 4) is 5.75 Å². The van der Waals surface area contributed by atoms with E-state index in [1.54, 1.807) is 18.2 Å². The number of nitrogens with one attached hydrogen (secondary N) is 1. The molecule has 0 aliphatic heterocycles. The summed E-state index contributed by atoms with van der Waals surface area (Å²) in [5, 5.41) is 0. The summed E-state index contributed by atoms with van der Waals surface area (Å²) in [5.41, 5.74) is 0. The summed E-state index contributed by atoms with van der Waals surface area (Å²) in [6.07, 6.45) is 0.486. The molecule has 0 unspecified atom stereocenters. The lowest BCUT2D eigenvalue weighted by Crippen LogP contribution is -2.26. The Balaban J connectivity index is 2.43. The van der Waals surface area contributed by atoms with Crippen LogP contribution in [0.3, 0.4) is 0 Å². The second-order valence-corrected chi connectivity index (χ2v) is 9.06. The van der Waals surface area contributed by atoms with E-state index in [0.29, 0.717) is 13.0 Å². The van der Waals surface area contributed by atoms with E-state index in [1.165, 1.54) is 38.5 Å². The van der Waals surface area contributed by atoms with E-state index in [-0.39, 0.29) is 27.0 Å². The smallest absolute Gasteiger partial charge is 0.244 e. The quantitative estimate of drug-likeness (QED) is 0.646. The molecule has 0 saturated heterocycles. The van der Waals surface area contributed by atoms with E-state index in [4.69, 9.17) is 9.47 Å². The van der Waals surface area contributed by atoms with E-state index in [1.807, 2.05) is 0 Å². The van der Waals surface area contributed by atoms with Gasteiger partial charge >= 0.3 is 0 Å². The summed E-state index contributed by atoms with van der Waals surface area (Å²) in [6, 6.07) is 11.6. The first-order valence-electron chi connectivity index (χ1n) is 7.79. The molecule has 0 aliphatic carbocycles. The lowest BCUT2D eigenvalue weighted by molar-refractivity contribution is 0.196. The van der Waals surface area contributed by atoms with Gasteiger partial charge in [0.2, 0.25) is 19.9 Å². The molecule has 0 atom stereocenters. The zero-order chi connectivity index (χ0) is 19.2. The molecule has 7 nitrogen and oxygen atoms in total. The van der Waals surface area contributed by atoms with Gasteiger partial charge in [-0.1, -0.05) is 18.2 Å². The van der Waals surface area contributed by atoms with Gasteiger partial charge < -0.3 is 9.47 Å². The van der Waals surface area contributed by atoms with Gasteiger partial charge in [-0.3, -0.25) is 0 Å². The molecule has 9 heteroatoms. The Morgan fingerprint density at radius 2 is 1.62 bits per heavy atom. The third-order valence-corrected chi connectivity index (χ3v) is 6.86. The van der Waals surface area contributed by atoms with Crippen molar-refractivity contribution < 1.29 is 26.3 Å². The minimum Gasteiger partial charge on any atom is -0.495 e. The molecular formula is C17H21NO6S2. The van der Waals surface area contributed by atoms with Crippen LogP contribution in [0, 0.1) is 0 Å². The fraction of sp³-hybridized carbons (Fsp3) is 0.294. The van der Waals surface area contributed by atoms with Gasteiger partial charge in [-0.2, -0.15) is 0 Å². The van der Waals surface area contributed by atoms with E-state index in [2.05, 4.69) is 4.72 Å². The molecule has 0 radical (unpaired) electrons. The van der Waals surface area contributed by atoms with Gasteiger partial charge in [0.05, 0.1) is 16.9 Å². The molecule has 142 valence electrons. The maximum absolute atomic E-state index is 12.7. The molecule has 2 aromatic rings. The lowest BCUT2D eigenvalue weighted by atomic mass is 10.3. The molecular weight excluding hydrogens is 378 g/mol. The van der Waals surface area contributed by atoms with Crippen molar-refractivity contribution in [2.75, 3.05) is 27.4 Å². The van der Waals surface area contributed by atoms with Gasteiger partial charge in [-0.25, -0.2) is 21.6 Å². The van der Waals surface area contributed by atoms with Gasteiger partial charge in [-0.05, 0) is 36.8 Å². The molecule has 0 heterocycles. The third-order valence-electron chi connectivity index (χ3n) is 3.61. The fourth-order valence-corrected chi connectivity index (χ4v) is 4.92. The highest BCUT2D eigenvalue weighted by Crippen LogP contribution is 2.29. The summed E-state index contributed by atoms with van der Waals surface area (Å²) in [5.74, 6) is 0.0660. The number of sulfonamides is 1. The molecule has 2 aromatic carbocycles. The van der Waals surface area contributed by atoms with E-state index >= 15 is 0 Å². The number of methoxy groups -OCH3 is 2. The number of rotatable bonds is 9. The van der Waals surface area contributed by atoms with E-state index < -0.39 is 19.9 Å². The van der Waals surface area contributed by atoms with Gasteiger partial charge in [0, 0.05) is 20.3 Å². The van der Waals surface area contributed by atoms with Crippen molar-refractivity contribution in [1.82, 2.24) is 4.72 Å². The molecule has 2 rings (SSSR count). The summed E-state index contributed by atoms with van der Waals surface area (Å²) in [4.78, 5) is -0.266. The highest BCUT2D eigenvalue weighted by atomic mass is 32.2. The van der Waals surface area contributed by atoms with Gasteiger partial charge in [-0.15, -0.1) is 0 Å². The summed E-state index contributed by atoms with van der Waals surface area (Å²) < 4.78 is 63.0. The minimum atomic E-state index is -3.94. The summed E-state index contributed by atoms with van der Waals surface area (Å²) >= 11 is 0. The van der Waals surface area contributed by atoms with Crippen molar-refractivity contribution in [3.05, 3.63) is 48.5 Å². The molecule has 0 bridgehead atoms. The Labute approximate surface area is 153 Å². The average Bonchev–Trinajstić information content (AvgIpc) is 2.65. The molecule has 0 aromatic heterocycles. The van der Waals surface area contributed by atoms with E-state index in [0.717, 1.165) is 6.07 Å². The van der Waals surface area contributed by atoms with Crippen LogP contribution in [0.25, 0.3) is 0 Å². The Morgan fingerprint density at radius 1 is 0.923 bits per heavy atom. The van der Waals surface area contributed by atoms with Crippen molar-refractivity contribution in [3.63, 3.8) is 0 Å². The number of sulfone groups is 1. The van der Waals surface area contributed by atoms with Crippen molar-refractivity contribution in [2.24, 2.45) is 0 Å². The molecule has 0 saturated carbocycles. The molecule has 0 amide bonds. The van der Waals surface area contributed by atoms with Crippen molar-refractivity contribution >= 4 is 19.9 Å². The van der Waals surface area contributed by atoms with Crippen LogP contribution in [0.4, 0.5) is 0 Å². The average molecular weight is 399 g/mol. The monoisotopic (exact) mass is 399 g/mol. The first-order valence-corrected chi connectivity index (χ1v) is 10.8. The molecule has 0 fully saturated rings. The number of benzene rings is 2. The Bertz CT molecular complexity index is 940. The van der Waals surface area contributed by atoms with E-state index in [9.17, 15) is 16.8 Å². The maximum Gasteiger partial charge on any atom is 0.244 e. The highest BCUT2D eigenvalue weighted by Gasteiger charge is 2.24. The highest BCUT2D eigenvalue weighted by molar-refractivity contribution is 7.91. The predicted molar refractivity (Wildman–Crippen MR) is 96.6 cm³/mol.